The first-order chi connectivity index (χ1) is 13.8. The van der Waals surface area contributed by atoms with Gasteiger partial charge in [-0.15, -0.1) is 24.0 Å². The Hall–Kier alpha value is -1.71. The number of likely N-dealkylation sites (tertiary alicyclic amines) is 1. The minimum absolute atomic E-state index is 0. The number of amides is 1. The van der Waals surface area contributed by atoms with E-state index < -0.39 is 5.60 Å². The number of ether oxygens (including phenoxy) is 2. The lowest BCUT2D eigenvalue weighted by molar-refractivity contribution is 0.0507. The summed E-state index contributed by atoms with van der Waals surface area (Å²) in [6, 6.07) is 6.51. The summed E-state index contributed by atoms with van der Waals surface area (Å²) in [5.74, 6) is 1.93. The molecule has 1 fully saturated rings. The summed E-state index contributed by atoms with van der Waals surface area (Å²) in [7, 11) is 0. The fourth-order valence-corrected chi connectivity index (χ4v) is 3.66. The van der Waals surface area contributed by atoms with Crippen molar-refractivity contribution in [3.8, 4) is 5.75 Å². The molecule has 0 saturated carbocycles. The van der Waals surface area contributed by atoms with Gasteiger partial charge in [-0.25, -0.2) is 4.79 Å². The molecule has 0 unspecified atom stereocenters. The number of aliphatic imine (C=N–C) groups is 1. The SMILES string of the molecule is CCNC(=NCCc1ccc2c(c1)CCO2)N1CC[C@@H](NC(=O)OC(C)(C)C)C1.I. The topological polar surface area (TPSA) is 75.2 Å². The van der Waals surface area contributed by atoms with Crippen molar-refractivity contribution in [3.63, 3.8) is 0 Å². The van der Waals surface area contributed by atoms with Crippen LogP contribution in [0.15, 0.2) is 23.2 Å². The average molecular weight is 530 g/mol. The summed E-state index contributed by atoms with van der Waals surface area (Å²) >= 11 is 0. The van der Waals surface area contributed by atoms with Gasteiger partial charge < -0.3 is 25.0 Å². The van der Waals surface area contributed by atoms with Crippen LogP contribution in [0.5, 0.6) is 5.75 Å². The van der Waals surface area contributed by atoms with E-state index in [0.717, 1.165) is 63.8 Å². The molecule has 168 valence electrons. The first-order valence-electron chi connectivity index (χ1n) is 10.6. The smallest absolute Gasteiger partial charge is 0.407 e. The predicted molar refractivity (Wildman–Crippen MR) is 130 cm³/mol. The summed E-state index contributed by atoms with van der Waals surface area (Å²) < 4.78 is 10.9. The largest absolute Gasteiger partial charge is 0.493 e. The van der Waals surface area contributed by atoms with Crippen LogP contribution in [0.2, 0.25) is 0 Å². The molecule has 1 aromatic rings. The molecule has 7 nitrogen and oxygen atoms in total. The van der Waals surface area contributed by atoms with E-state index in [1.54, 1.807) is 0 Å². The van der Waals surface area contributed by atoms with Crippen LogP contribution in [0.3, 0.4) is 0 Å². The predicted octanol–water partition coefficient (Wildman–Crippen LogP) is 3.35. The van der Waals surface area contributed by atoms with Crippen molar-refractivity contribution in [3.05, 3.63) is 29.3 Å². The molecule has 2 heterocycles. The molecule has 2 N–H and O–H groups in total. The van der Waals surface area contributed by atoms with Crippen molar-refractivity contribution in [2.75, 3.05) is 32.8 Å². The van der Waals surface area contributed by atoms with Gasteiger partial charge in [0.25, 0.3) is 0 Å². The number of carbonyl (C=O) groups is 1. The molecule has 0 bridgehead atoms. The van der Waals surface area contributed by atoms with Crippen molar-refractivity contribution in [2.24, 2.45) is 4.99 Å². The van der Waals surface area contributed by atoms with Crippen molar-refractivity contribution in [2.45, 2.75) is 58.6 Å². The molecule has 1 aromatic carbocycles. The van der Waals surface area contributed by atoms with Gasteiger partial charge in [0.15, 0.2) is 5.96 Å². The highest BCUT2D eigenvalue weighted by atomic mass is 127. The van der Waals surface area contributed by atoms with Crippen LogP contribution in [0, 0.1) is 0 Å². The third kappa shape index (κ3) is 7.21. The number of hydrogen-bond donors (Lipinski definition) is 2. The summed E-state index contributed by atoms with van der Waals surface area (Å²) in [6.07, 6.45) is 2.42. The molecule has 1 atom stereocenters. The highest BCUT2D eigenvalue weighted by Gasteiger charge is 2.27. The fraction of sp³-hybridized carbons (Fsp3) is 0.636. The van der Waals surface area contributed by atoms with Crippen molar-refractivity contribution in [1.82, 2.24) is 15.5 Å². The van der Waals surface area contributed by atoms with E-state index in [1.165, 1.54) is 11.1 Å². The van der Waals surface area contributed by atoms with Crippen molar-refractivity contribution in [1.29, 1.82) is 0 Å². The number of guanidine groups is 1. The van der Waals surface area contributed by atoms with Crippen LogP contribution >= 0.6 is 24.0 Å². The summed E-state index contributed by atoms with van der Waals surface area (Å²) in [4.78, 5) is 19.0. The number of nitrogens with one attached hydrogen (secondary N) is 2. The molecule has 2 aliphatic heterocycles. The minimum atomic E-state index is -0.484. The van der Waals surface area contributed by atoms with Gasteiger partial charge in [-0.05, 0) is 57.7 Å². The zero-order chi connectivity index (χ0) is 20.9. The Labute approximate surface area is 197 Å². The summed E-state index contributed by atoms with van der Waals surface area (Å²) in [5, 5.41) is 6.35. The third-order valence-corrected chi connectivity index (χ3v) is 4.96. The van der Waals surface area contributed by atoms with Gasteiger partial charge in [-0.1, -0.05) is 12.1 Å². The maximum Gasteiger partial charge on any atom is 0.407 e. The number of nitrogens with zero attached hydrogens (tertiary/aromatic N) is 2. The molecule has 1 saturated heterocycles. The van der Waals surface area contributed by atoms with Gasteiger partial charge in [0.1, 0.15) is 11.4 Å². The first-order valence-corrected chi connectivity index (χ1v) is 10.6. The van der Waals surface area contributed by atoms with E-state index in [1.807, 2.05) is 20.8 Å². The summed E-state index contributed by atoms with van der Waals surface area (Å²) in [6.45, 7) is 11.6. The van der Waals surface area contributed by atoms with E-state index in [2.05, 4.69) is 40.7 Å². The van der Waals surface area contributed by atoms with Crippen LogP contribution in [-0.2, 0) is 17.6 Å². The second-order valence-electron chi connectivity index (χ2n) is 8.60. The lowest BCUT2D eigenvalue weighted by atomic mass is 10.1. The maximum atomic E-state index is 12.0. The Morgan fingerprint density at radius 2 is 2.17 bits per heavy atom. The minimum Gasteiger partial charge on any atom is -0.493 e. The highest BCUT2D eigenvalue weighted by Crippen LogP contribution is 2.26. The molecule has 0 aromatic heterocycles. The molecule has 3 rings (SSSR count). The zero-order valence-electron chi connectivity index (χ0n) is 18.5. The molecular weight excluding hydrogens is 495 g/mol. The van der Waals surface area contributed by atoms with Gasteiger partial charge >= 0.3 is 6.09 Å². The van der Waals surface area contributed by atoms with Crippen LogP contribution in [0.1, 0.15) is 45.2 Å². The lowest BCUT2D eigenvalue weighted by Gasteiger charge is -2.23. The number of alkyl carbamates (subject to hydrolysis) is 1. The Bertz CT molecular complexity index is 748. The van der Waals surface area contributed by atoms with E-state index in [9.17, 15) is 4.79 Å². The standard InChI is InChI=1S/C22H34N4O3.HI/c1-5-23-20(24-11-8-16-6-7-19-17(14-16)10-13-28-19)26-12-9-18(15-26)25-21(27)29-22(2,3)4;/h6-7,14,18H,5,8-13,15H2,1-4H3,(H,23,24)(H,25,27);1H/t18-;/m1./s1. The Morgan fingerprint density at radius 1 is 1.37 bits per heavy atom. The first kappa shape index (κ1) is 24.6. The molecule has 1 amide bonds. The monoisotopic (exact) mass is 530 g/mol. The van der Waals surface area contributed by atoms with E-state index in [4.69, 9.17) is 14.5 Å². The number of carbonyl (C=O) groups excluding carboxylic acids is 1. The molecular formula is C22H35IN4O3. The second-order valence-corrected chi connectivity index (χ2v) is 8.60. The van der Waals surface area contributed by atoms with Crippen molar-refractivity contribution < 1.29 is 14.3 Å². The van der Waals surface area contributed by atoms with E-state index in [0.29, 0.717) is 0 Å². The molecule has 0 spiro atoms. The van der Waals surface area contributed by atoms with Gasteiger partial charge in [0.05, 0.1) is 12.6 Å². The van der Waals surface area contributed by atoms with E-state index in [-0.39, 0.29) is 36.1 Å². The second kappa shape index (κ2) is 11.1. The van der Waals surface area contributed by atoms with Crippen LogP contribution in [-0.4, -0.2) is 61.4 Å². The number of benzene rings is 1. The quantitative estimate of drug-likeness (QED) is 0.347. The van der Waals surface area contributed by atoms with Crippen LogP contribution < -0.4 is 15.4 Å². The summed E-state index contributed by atoms with van der Waals surface area (Å²) in [5.41, 5.74) is 2.11. The zero-order valence-corrected chi connectivity index (χ0v) is 20.8. The molecule has 0 aliphatic carbocycles. The number of fused-ring (bicyclic) bond motifs is 1. The molecule has 8 heteroatoms. The van der Waals surface area contributed by atoms with Gasteiger partial charge in [-0.2, -0.15) is 0 Å². The van der Waals surface area contributed by atoms with Gasteiger partial charge in [-0.3, -0.25) is 4.99 Å². The van der Waals surface area contributed by atoms with Crippen molar-refractivity contribution >= 4 is 36.0 Å². The number of hydrogen-bond acceptors (Lipinski definition) is 4. The third-order valence-electron chi connectivity index (χ3n) is 4.96. The molecule has 30 heavy (non-hydrogen) atoms. The lowest BCUT2D eigenvalue weighted by Crippen LogP contribution is -2.44. The Morgan fingerprint density at radius 3 is 2.90 bits per heavy atom. The highest BCUT2D eigenvalue weighted by molar-refractivity contribution is 14.0. The normalized spacial score (nSPS) is 18.3. The molecule has 0 radical (unpaired) electrons. The maximum absolute atomic E-state index is 12.0. The number of halogens is 1. The Kier molecular flexibility index (Phi) is 9.06. The van der Waals surface area contributed by atoms with Crippen LogP contribution in [0.25, 0.3) is 0 Å². The number of rotatable bonds is 5. The molecule has 2 aliphatic rings. The van der Waals surface area contributed by atoms with Crippen LogP contribution in [0.4, 0.5) is 4.79 Å². The average Bonchev–Trinajstić information content (AvgIpc) is 3.28. The van der Waals surface area contributed by atoms with E-state index >= 15 is 0 Å². The fourth-order valence-electron chi connectivity index (χ4n) is 3.66. The van der Waals surface area contributed by atoms with Gasteiger partial charge in [0, 0.05) is 32.6 Å². The van der Waals surface area contributed by atoms with Gasteiger partial charge in [0.2, 0.25) is 0 Å². The Balaban J connectivity index is 0.00000320.